The minimum absolute atomic E-state index is 0.00474. The van der Waals surface area contributed by atoms with Crippen molar-refractivity contribution in [1.82, 2.24) is 10.2 Å². The molecule has 0 bridgehead atoms. The number of amides is 2. The number of hydrogen-bond acceptors (Lipinski definition) is 3. The van der Waals surface area contributed by atoms with Crippen molar-refractivity contribution in [2.45, 2.75) is 39.7 Å². The van der Waals surface area contributed by atoms with E-state index in [2.05, 4.69) is 5.32 Å². The van der Waals surface area contributed by atoms with Crippen LogP contribution in [0.2, 0.25) is 0 Å². The summed E-state index contributed by atoms with van der Waals surface area (Å²) in [4.78, 5) is 25.4. The number of hydrogen-bond donors (Lipinski definition) is 2. The van der Waals surface area contributed by atoms with E-state index in [0.717, 1.165) is 0 Å². The summed E-state index contributed by atoms with van der Waals surface area (Å²) in [5, 5.41) is 2.76. The highest BCUT2D eigenvalue weighted by Gasteiger charge is 2.42. The Labute approximate surface area is 103 Å². The van der Waals surface area contributed by atoms with Crippen LogP contribution in [-0.4, -0.2) is 41.9 Å². The predicted octanol–water partition coefficient (Wildman–Crippen LogP) is 0.0984. The molecule has 1 heterocycles. The van der Waals surface area contributed by atoms with E-state index >= 15 is 0 Å². The van der Waals surface area contributed by atoms with Gasteiger partial charge >= 0.3 is 0 Å². The Morgan fingerprint density at radius 2 is 1.88 bits per heavy atom. The van der Waals surface area contributed by atoms with Crippen LogP contribution in [0.5, 0.6) is 0 Å². The van der Waals surface area contributed by atoms with Gasteiger partial charge in [0.2, 0.25) is 11.8 Å². The van der Waals surface area contributed by atoms with Gasteiger partial charge in [-0.05, 0) is 27.7 Å². The van der Waals surface area contributed by atoms with Gasteiger partial charge in [-0.25, -0.2) is 0 Å². The number of nitrogens with zero attached hydrogens (tertiary/aromatic N) is 1. The zero-order chi connectivity index (χ0) is 13.3. The zero-order valence-electron chi connectivity index (χ0n) is 11.2. The molecule has 0 aromatic rings. The van der Waals surface area contributed by atoms with Crippen molar-refractivity contribution in [3.05, 3.63) is 0 Å². The second kappa shape index (κ2) is 4.64. The molecule has 5 nitrogen and oxygen atoms in total. The van der Waals surface area contributed by atoms with Crippen molar-refractivity contribution >= 4 is 11.8 Å². The molecule has 17 heavy (non-hydrogen) atoms. The first-order valence-electron chi connectivity index (χ1n) is 6.01. The molecule has 0 aromatic carbocycles. The molecule has 3 N–H and O–H groups in total. The average Bonchev–Trinajstić information content (AvgIpc) is 2.40. The predicted molar refractivity (Wildman–Crippen MR) is 66.3 cm³/mol. The van der Waals surface area contributed by atoms with E-state index in [9.17, 15) is 9.59 Å². The summed E-state index contributed by atoms with van der Waals surface area (Å²) in [7, 11) is 0. The monoisotopic (exact) mass is 241 g/mol. The summed E-state index contributed by atoms with van der Waals surface area (Å²) in [6.07, 6.45) is 0.368. The summed E-state index contributed by atoms with van der Waals surface area (Å²) in [5.74, 6) is 0.0200. The molecule has 0 radical (unpaired) electrons. The van der Waals surface area contributed by atoms with Crippen LogP contribution >= 0.6 is 0 Å². The van der Waals surface area contributed by atoms with Gasteiger partial charge in [-0.1, -0.05) is 0 Å². The molecule has 98 valence electrons. The van der Waals surface area contributed by atoms with Crippen LogP contribution in [0.3, 0.4) is 0 Å². The Morgan fingerprint density at radius 3 is 2.41 bits per heavy atom. The molecule has 1 aliphatic heterocycles. The molecular formula is C12H23N3O2. The number of rotatable bonds is 2. The summed E-state index contributed by atoms with van der Waals surface area (Å²) in [6, 6.07) is 0. The van der Waals surface area contributed by atoms with Gasteiger partial charge in [-0.15, -0.1) is 0 Å². The number of carbonyl (C=O) groups is 2. The van der Waals surface area contributed by atoms with Crippen molar-refractivity contribution in [2.24, 2.45) is 11.1 Å². The van der Waals surface area contributed by atoms with Gasteiger partial charge in [0.05, 0.1) is 5.41 Å². The third-order valence-corrected chi connectivity index (χ3v) is 3.75. The maximum Gasteiger partial charge on any atom is 0.230 e. The number of nitrogens with two attached hydrogens (primary N) is 1. The lowest BCUT2D eigenvalue weighted by molar-refractivity contribution is -0.143. The minimum atomic E-state index is -0.639. The smallest absolute Gasteiger partial charge is 0.230 e. The normalized spacial score (nSPS) is 18.6. The number of nitrogens with one attached hydrogen (secondary N) is 1. The minimum Gasteiger partial charge on any atom is -0.354 e. The molecule has 0 aliphatic carbocycles. The molecule has 0 atom stereocenters. The highest BCUT2D eigenvalue weighted by atomic mass is 16.2. The van der Waals surface area contributed by atoms with Crippen LogP contribution in [0.1, 0.15) is 34.1 Å². The zero-order valence-corrected chi connectivity index (χ0v) is 11.2. The van der Waals surface area contributed by atoms with Crippen LogP contribution in [0, 0.1) is 5.41 Å². The Bertz CT molecular complexity index is 318. The molecule has 1 fully saturated rings. The molecular weight excluding hydrogens is 218 g/mol. The standard InChI is InChI=1S/C12H23N3O2/c1-11(2,12(3,4)13)10(17)15-7-5-9(16)14-6-8-15/h5-8,13H2,1-4H3,(H,14,16). The van der Waals surface area contributed by atoms with E-state index in [1.807, 2.05) is 27.7 Å². The second-order valence-electron chi connectivity index (χ2n) is 5.74. The van der Waals surface area contributed by atoms with Gasteiger partial charge in [0.1, 0.15) is 0 Å². The van der Waals surface area contributed by atoms with Crippen molar-refractivity contribution < 1.29 is 9.59 Å². The highest BCUT2D eigenvalue weighted by molar-refractivity contribution is 5.85. The molecule has 1 rings (SSSR count). The van der Waals surface area contributed by atoms with E-state index in [0.29, 0.717) is 26.1 Å². The summed E-state index contributed by atoms with van der Waals surface area (Å²) in [6.45, 7) is 8.98. The van der Waals surface area contributed by atoms with Crippen molar-refractivity contribution in [3.63, 3.8) is 0 Å². The fraction of sp³-hybridized carbons (Fsp3) is 0.833. The molecule has 0 spiro atoms. The average molecular weight is 241 g/mol. The maximum atomic E-state index is 12.4. The van der Waals surface area contributed by atoms with Gasteiger partial charge in [0, 0.05) is 31.6 Å². The van der Waals surface area contributed by atoms with Crippen LogP contribution in [0.4, 0.5) is 0 Å². The third kappa shape index (κ3) is 2.97. The van der Waals surface area contributed by atoms with Crippen LogP contribution in [0.25, 0.3) is 0 Å². The van der Waals surface area contributed by atoms with E-state index in [1.54, 1.807) is 4.90 Å². The van der Waals surface area contributed by atoms with Gasteiger partial charge < -0.3 is 16.0 Å². The lowest BCUT2D eigenvalue weighted by Crippen LogP contribution is -2.56. The summed E-state index contributed by atoms with van der Waals surface area (Å²) < 4.78 is 0. The van der Waals surface area contributed by atoms with E-state index in [4.69, 9.17) is 5.73 Å². The Hall–Kier alpha value is -1.10. The van der Waals surface area contributed by atoms with Gasteiger partial charge in [0.25, 0.3) is 0 Å². The molecule has 2 amide bonds. The Morgan fingerprint density at radius 1 is 1.29 bits per heavy atom. The molecule has 1 saturated heterocycles. The summed E-state index contributed by atoms with van der Waals surface area (Å²) >= 11 is 0. The van der Waals surface area contributed by atoms with Crippen LogP contribution in [-0.2, 0) is 9.59 Å². The highest BCUT2D eigenvalue weighted by Crippen LogP contribution is 2.30. The van der Waals surface area contributed by atoms with Crippen LogP contribution < -0.4 is 11.1 Å². The number of carbonyl (C=O) groups excluding carboxylic acids is 2. The lowest BCUT2D eigenvalue weighted by atomic mass is 9.74. The second-order valence-corrected chi connectivity index (χ2v) is 5.74. The first kappa shape index (κ1) is 14.0. The first-order valence-corrected chi connectivity index (χ1v) is 6.01. The van der Waals surface area contributed by atoms with Gasteiger partial charge in [-0.3, -0.25) is 9.59 Å². The molecule has 0 aromatic heterocycles. The summed E-state index contributed by atoms with van der Waals surface area (Å²) in [5.41, 5.74) is 4.83. The van der Waals surface area contributed by atoms with Gasteiger partial charge in [0.15, 0.2) is 0 Å². The fourth-order valence-corrected chi connectivity index (χ4v) is 1.64. The van der Waals surface area contributed by atoms with Crippen molar-refractivity contribution in [1.29, 1.82) is 0 Å². The van der Waals surface area contributed by atoms with E-state index in [1.165, 1.54) is 0 Å². The van der Waals surface area contributed by atoms with Crippen LogP contribution in [0.15, 0.2) is 0 Å². The lowest BCUT2D eigenvalue weighted by Gasteiger charge is -2.40. The molecule has 0 saturated carbocycles. The Balaban J connectivity index is 2.79. The fourth-order valence-electron chi connectivity index (χ4n) is 1.64. The first-order chi connectivity index (χ1) is 7.66. The largest absolute Gasteiger partial charge is 0.354 e. The third-order valence-electron chi connectivity index (χ3n) is 3.75. The molecule has 5 heteroatoms. The molecule has 0 unspecified atom stereocenters. The molecule has 1 aliphatic rings. The quantitative estimate of drug-likeness (QED) is 0.720. The Kier molecular flexibility index (Phi) is 3.81. The van der Waals surface area contributed by atoms with Gasteiger partial charge in [-0.2, -0.15) is 0 Å². The van der Waals surface area contributed by atoms with Crippen molar-refractivity contribution in [2.75, 3.05) is 19.6 Å². The van der Waals surface area contributed by atoms with E-state index in [-0.39, 0.29) is 11.8 Å². The SMILES string of the molecule is CC(C)(N)C(C)(C)C(=O)N1CCNC(=O)CC1. The van der Waals surface area contributed by atoms with Crippen molar-refractivity contribution in [3.8, 4) is 0 Å². The maximum absolute atomic E-state index is 12.4. The topological polar surface area (TPSA) is 75.4 Å². The van der Waals surface area contributed by atoms with E-state index < -0.39 is 11.0 Å².